The summed E-state index contributed by atoms with van der Waals surface area (Å²) in [5.74, 6) is -0.0114. The number of nitrogens with two attached hydrogens (primary N) is 1. The Labute approximate surface area is 116 Å². The molecule has 0 aromatic carbocycles. The summed E-state index contributed by atoms with van der Waals surface area (Å²) in [5.41, 5.74) is 6.06. The zero-order valence-electron chi connectivity index (χ0n) is 12.0. The van der Waals surface area contributed by atoms with E-state index in [1.807, 2.05) is 18.7 Å². The first-order chi connectivity index (χ1) is 8.24. The Balaban J connectivity index is 2.74. The van der Waals surface area contributed by atoms with Crippen molar-refractivity contribution in [2.24, 2.45) is 23.0 Å². The van der Waals surface area contributed by atoms with E-state index in [0.717, 1.165) is 25.9 Å². The molecule has 0 aliphatic carbocycles. The molecule has 0 aromatic rings. The van der Waals surface area contributed by atoms with Crippen molar-refractivity contribution in [1.82, 2.24) is 4.90 Å². The van der Waals surface area contributed by atoms with Gasteiger partial charge in [-0.3, -0.25) is 4.79 Å². The van der Waals surface area contributed by atoms with Crippen molar-refractivity contribution in [3.05, 3.63) is 0 Å². The summed E-state index contributed by atoms with van der Waals surface area (Å²) < 4.78 is 0. The second-order valence-electron chi connectivity index (χ2n) is 6.47. The van der Waals surface area contributed by atoms with Crippen LogP contribution in [-0.4, -0.2) is 28.9 Å². The third kappa shape index (κ3) is 3.94. The minimum Gasteiger partial charge on any atom is -0.393 e. The van der Waals surface area contributed by atoms with E-state index in [9.17, 15) is 4.79 Å². The molecule has 3 nitrogen and oxygen atoms in total. The van der Waals surface area contributed by atoms with E-state index >= 15 is 0 Å². The monoisotopic (exact) mass is 270 g/mol. The van der Waals surface area contributed by atoms with Gasteiger partial charge >= 0.3 is 0 Å². The minimum absolute atomic E-state index is 0.121. The number of thiocarbonyl (C=S) groups is 1. The molecule has 1 aliphatic rings. The van der Waals surface area contributed by atoms with Crippen LogP contribution in [0.1, 0.15) is 47.0 Å². The predicted octanol–water partition coefficient (Wildman–Crippen LogP) is 2.58. The highest BCUT2D eigenvalue weighted by atomic mass is 32.1. The summed E-state index contributed by atoms with van der Waals surface area (Å²) in [5, 5.41) is 0. The van der Waals surface area contributed by atoms with E-state index in [4.69, 9.17) is 18.0 Å². The lowest BCUT2D eigenvalue weighted by Crippen LogP contribution is -2.44. The maximum atomic E-state index is 12.5. The lowest BCUT2D eigenvalue weighted by molar-refractivity contribution is -0.134. The van der Waals surface area contributed by atoms with Gasteiger partial charge in [-0.25, -0.2) is 0 Å². The van der Waals surface area contributed by atoms with Gasteiger partial charge in [0, 0.05) is 13.1 Å². The van der Waals surface area contributed by atoms with E-state index in [0.29, 0.717) is 10.4 Å². The van der Waals surface area contributed by atoms with Crippen LogP contribution < -0.4 is 5.73 Å². The quantitative estimate of drug-likeness (QED) is 0.802. The van der Waals surface area contributed by atoms with Crippen LogP contribution in [0, 0.1) is 17.3 Å². The molecule has 1 unspecified atom stereocenters. The topological polar surface area (TPSA) is 46.3 Å². The zero-order valence-corrected chi connectivity index (χ0v) is 12.8. The smallest absolute Gasteiger partial charge is 0.232 e. The first-order valence-corrected chi connectivity index (χ1v) is 7.23. The Morgan fingerprint density at radius 1 is 1.28 bits per heavy atom. The van der Waals surface area contributed by atoms with Crippen LogP contribution in [0.25, 0.3) is 0 Å². The van der Waals surface area contributed by atoms with E-state index < -0.39 is 0 Å². The Bertz CT molecular complexity index is 326. The normalized spacial score (nSPS) is 21.5. The summed E-state index contributed by atoms with van der Waals surface area (Å²) in [4.78, 5) is 14.8. The summed E-state index contributed by atoms with van der Waals surface area (Å²) >= 11 is 5.05. The van der Waals surface area contributed by atoms with E-state index in [-0.39, 0.29) is 17.7 Å². The van der Waals surface area contributed by atoms with E-state index in [1.165, 1.54) is 6.42 Å². The molecular formula is C14H26N2OS. The minimum atomic E-state index is -0.304. The van der Waals surface area contributed by atoms with Crippen molar-refractivity contribution >= 4 is 23.1 Å². The van der Waals surface area contributed by atoms with Gasteiger partial charge in [0.25, 0.3) is 0 Å². The summed E-state index contributed by atoms with van der Waals surface area (Å²) in [7, 11) is 0. The largest absolute Gasteiger partial charge is 0.393 e. The van der Waals surface area contributed by atoms with Gasteiger partial charge in [-0.05, 0) is 30.6 Å². The molecule has 0 saturated carbocycles. The number of carbonyl (C=O) groups excluding carboxylic acids is 1. The molecule has 1 heterocycles. The Kier molecular flexibility index (Phi) is 5.14. The maximum Gasteiger partial charge on any atom is 0.232 e. The molecule has 0 spiro atoms. The molecule has 18 heavy (non-hydrogen) atoms. The molecule has 2 N–H and O–H groups in total. The number of likely N-dealkylation sites (tertiary alicyclic amines) is 1. The van der Waals surface area contributed by atoms with Gasteiger partial charge in [-0.1, -0.05) is 39.9 Å². The first-order valence-electron chi connectivity index (χ1n) is 6.83. The fourth-order valence-corrected chi connectivity index (χ4v) is 2.95. The summed E-state index contributed by atoms with van der Waals surface area (Å²) in [6, 6.07) is 0. The van der Waals surface area contributed by atoms with Crippen LogP contribution in [0.15, 0.2) is 0 Å². The van der Waals surface area contributed by atoms with Crippen molar-refractivity contribution in [2.45, 2.75) is 47.0 Å². The first kappa shape index (κ1) is 15.4. The van der Waals surface area contributed by atoms with E-state index in [2.05, 4.69) is 13.8 Å². The third-order valence-electron chi connectivity index (χ3n) is 3.89. The van der Waals surface area contributed by atoms with Crippen molar-refractivity contribution in [3.63, 3.8) is 0 Å². The number of carbonyl (C=O) groups is 1. The zero-order chi connectivity index (χ0) is 13.9. The Morgan fingerprint density at radius 2 is 1.89 bits per heavy atom. The number of hydrogen-bond acceptors (Lipinski definition) is 2. The van der Waals surface area contributed by atoms with Crippen LogP contribution >= 0.6 is 12.2 Å². The van der Waals surface area contributed by atoms with Crippen molar-refractivity contribution in [2.75, 3.05) is 13.1 Å². The molecule has 0 bridgehead atoms. The fraction of sp³-hybridized carbons (Fsp3) is 0.857. The third-order valence-corrected chi connectivity index (χ3v) is 4.14. The average Bonchev–Trinajstić information content (AvgIpc) is 2.38. The number of nitrogens with zero attached hydrogens (tertiary/aromatic N) is 1. The Morgan fingerprint density at radius 3 is 2.39 bits per heavy atom. The second kappa shape index (κ2) is 6.00. The van der Waals surface area contributed by atoms with Gasteiger partial charge in [0.1, 0.15) is 0 Å². The fourth-order valence-electron chi connectivity index (χ4n) is 2.58. The average molecular weight is 270 g/mol. The van der Waals surface area contributed by atoms with Crippen molar-refractivity contribution < 1.29 is 4.79 Å². The SMILES string of the molecule is CC(C)C(C(=O)N1CCCC(C)(C)CC1)C(N)=S. The van der Waals surface area contributed by atoms with Crippen LogP contribution in [0.2, 0.25) is 0 Å². The van der Waals surface area contributed by atoms with Gasteiger partial charge in [-0.2, -0.15) is 0 Å². The highest BCUT2D eigenvalue weighted by Crippen LogP contribution is 2.30. The second-order valence-corrected chi connectivity index (χ2v) is 6.94. The van der Waals surface area contributed by atoms with Crippen LogP contribution in [0.5, 0.6) is 0 Å². The number of amides is 1. The number of hydrogen-bond donors (Lipinski definition) is 1. The van der Waals surface area contributed by atoms with Gasteiger partial charge in [0.15, 0.2) is 0 Å². The maximum absolute atomic E-state index is 12.5. The van der Waals surface area contributed by atoms with Gasteiger partial charge in [0.2, 0.25) is 5.91 Å². The van der Waals surface area contributed by atoms with Crippen molar-refractivity contribution in [3.8, 4) is 0 Å². The molecule has 4 heteroatoms. The molecular weight excluding hydrogens is 244 g/mol. The highest BCUT2D eigenvalue weighted by molar-refractivity contribution is 7.80. The molecule has 0 radical (unpaired) electrons. The Hall–Kier alpha value is -0.640. The molecule has 1 amide bonds. The molecule has 1 rings (SSSR count). The lowest BCUT2D eigenvalue weighted by Gasteiger charge is -2.28. The molecule has 1 aliphatic heterocycles. The summed E-state index contributed by atoms with van der Waals surface area (Å²) in [6.45, 7) is 10.2. The highest BCUT2D eigenvalue weighted by Gasteiger charge is 2.32. The van der Waals surface area contributed by atoms with Gasteiger partial charge in [0.05, 0.1) is 10.9 Å². The molecule has 0 aromatic heterocycles. The van der Waals surface area contributed by atoms with Crippen LogP contribution in [0.4, 0.5) is 0 Å². The molecule has 1 atom stereocenters. The number of rotatable bonds is 3. The molecule has 104 valence electrons. The van der Waals surface area contributed by atoms with Gasteiger partial charge in [-0.15, -0.1) is 0 Å². The standard InChI is InChI=1S/C14H26N2OS/c1-10(2)11(12(15)18)13(17)16-8-5-6-14(3,4)7-9-16/h10-11H,5-9H2,1-4H3,(H2,15,18). The summed E-state index contributed by atoms with van der Waals surface area (Å²) in [6.07, 6.45) is 3.30. The van der Waals surface area contributed by atoms with E-state index in [1.54, 1.807) is 0 Å². The van der Waals surface area contributed by atoms with Gasteiger partial charge < -0.3 is 10.6 Å². The molecule has 1 saturated heterocycles. The molecule has 1 fully saturated rings. The van der Waals surface area contributed by atoms with Crippen LogP contribution in [0.3, 0.4) is 0 Å². The van der Waals surface area contributed by atoms with Crippen LogP contribution in [-0.2, 0) is 4.79 Å². The van der Waals surface area contributed by atoms with Crippen molar-refractivity contribution in [1.29, 1.82) is 0 Å². The lowest BCUT2D eigenvalue weighted by atomic mass is 9.85. The predicted molar refractivity (Wildman–Crippen MR) is 79.3 cm³/mol.